The first-order valence-electron chi connectivity index (χ1n) is 5.53. The predicted octanol–water partition coefficient (Wildman–Crippen LogP) is 4.51. The molecule has 0 fully saturated rings. The SMILES string of the molecule is CC(C)(C)C1=C(C(C)(C)C)CSCC1. The summed E-state index contributed by atoms with van der Waals surface area (Å²) in [5.74, 6) is 2.56. The summed E-state index contributed by atoms with van der Waals surface area (Å²) in [6.45, 7) is 14.1. The van der Waals surface area contributed by atoms with E-state index in [4.69, 9.17) is 0 Å². The van der Waals surface area contributed by atoms with Gasteiger partial charge in [-0.05, 0) is 23.0 Å². The van der Waals surface area contributed by atoms with Gasteiger partial charge in [-0.3, -0.25) is 0 Å². The van der Waals surface area contributed by atoms with Gasteiger partial charge in [0.25, 0.3) is 0 Å². The number of rotatable bonds is 0. The highest BCUT2D eigenvalue weighted by atomic mass is 32.2. The zero-order chi connectivity index (χ0) is 11.0. The fraction of sp³-hybridized carbons (Fsp3) is 0.846. The lowest BCUT2D eigenvalue weighted by molar-refractivity contribution is 0.433. The molecule has 0 N–H and O–H groups in total. The quantitative estimate of drug-likeness (QED) is 0.532. The Kier molecular flexibility index (Phi) is 3.41. The molecular weight excluding hydrogens is 188 g/mol. The molecule has 0 aromatic heterocycles. The average molecular weight is 212 g/mol. The highest BCUT2D eigenvalue weighted by Gasteiger charge is 2.29. The molecule has 0 aliphatic carbocycles. The van der Waals surface area contributed by atoms with Crippen molar-refractivity contribution in [2.75, 3.05) is 11.5 Å². The Morgan fingerprint density at radius 3 is 1.71 bits per heavy atom. The number of thioether (sulfide) groups is 1. The first-order valence-corrected chi connectivity index (χ1v) is 6.69. The van der Waals surface area contributed by atoms with Crippen LogP contribution >= 0.6 is 11.8 Å². The summed E-state index contributed by atoms with van der Waals surface area (Å²) < 4.78 is 0. The zero-order valence-corrected chi connectivity index (χ0v) is 11.3. The van der Waals surface area contributed by atoms with Gasteiger partial charge < -0.3 is 0 Å². The van der Waals surface area contributed by atoms with Crippen LogP contribution in [0.25, 0.3) is 0 Å². The van der Waals surface area contributed by atoms with Crippen LogP contribution in [0.5, 0.6) is 0 Å². The minimum Gasteiger partial charge on any atom is -0.157 e. The third-order valence-corrected chi connectivity index (χ3v) is 3.90. The Morgan fingerprint density at radius 2 is 1.36 bits per heavy atom. The topological polar surface area (TPSA) is 0 Å². The molecule has 0 spiro atoms. The predicted molar refractivity (Wildman–Crippen MR) is 67.9 cm³/mol. The summed E-state index contributed by atoms with van der Waals surface area (Å²) in [6, 6.07) is 0. The largest absolute Gasteiger partial charge is 0.157 e. The van der Waals surface area contributed by atoms with Gasteiger partial charge in [-0.15, -0.1) is 0 Å². The van der Waals surface area contributed by atoms with E-state index in [9.17, 15) is 0 Å². The van der Waals surface area contributed by atoms with Gasteiger partial charge in [0.05, 0.1) is 0 Å². The van der Waals surface area contributed by atoms with E-state index in [2.05, 4.69) is 53.3 Å². The molecule has 1 aliphatic heterocycles. The summed E-state index contributed by atoms with van der Waals surface area (Å²) in [6.07, 6.45) is 1.29. The van der Waals surface area contributed by atoms with Crippen LogP contribution in [-0.4, -0.2) is 11.5 Å². The van der Waals surface area contributed by atoms with E-state index in [1.54, 1.807) is 11.1 Å². The van der Waals surface area contributed by atoms with Crippen LogP contribution in [0, 0.1) is 10.8 Å². The van der Waals surface area contributed by atoms with Gasteiger partial charge in [0.2, 0.25) is 0 Å². The molecule has 0 saturated heterocycles. The van der Waals surface area contributed by atoms with Crippen LogP contribution in [0.15, 0.2) is 11.1 Å². The van der Waals surface area contributed by atoms with Crippen molar-refractivity contribution in [1.82, 2.24) is 0 Å². The third kappa shape index (κ3) is 2.79. The van der Waals surface area contributed by atoms with E-state index in [-0.39, 0.29) is 0 Å². The van der Waals surface area contributed by atoms with Crippen molar-refractivity contribution >= 4 is 11.8 Å². The van der Waals surface area contributed by atoms with E-state index in [0.717, 1.165) is 0 Å². The molecule has 14 heavy (non-hydrogen) atoms. The van der Waals surface area contributed by atoms with E-state index in [1.165, 1.54) is 17.9 Å². The van der Waals surface area contributed by atoms with Gasteiger partial charge in [0.15, 0.2) is 0 Å². The highest BCUT2D eigenvalue weighted by molar-refractivity contribution is 7.99. The van der Waals surface area contributed by atoms with Gasteiger partial charge in [0.1, 0.15) is 0 Å². The fourth-order valence-corrected chi connectivity index (χ4v) is 3.39. The molecule has 1 heterocycles. The Morgan fingerprint density at radius 1 is 0.857 bits per heavy atom. The minimum atomic E-state index is 0.357. The molecule has 82 valence electrons. The van der Waals surface area contributed by atoms with Crippen molar-refractivity contribution in [2.45, 2.75) is 48.0 Å². The maximum atomic E-state index is 2.35. The van der Waals surface area contributed by atoms with Crippen molar-refractivity contribution in [3.05, 3.63) is 11.1 Å². The molecule has 0 bridgehead atoms. The van der Waals surface area contributed by atoms with Gasteiger partial charge in [-0.1, -0.05) is 52.7 Å². The van der Waals surface area contributed by atoms with Crippen molar-refractivity contribution in [2.24, 2.45) is 10.8 Å². The molecule has 1 aliphatic rings. The van der Waals surface area contributed by atoms with Crippen molar-refractivity contribution in [3.63, 3.8) is 0 Å². The fourth-order valence-electron chi connectivity index (χ4n) is 2.08. The standard InChI is InChI=1S/C13H24S/c1-12(2,3)10-7-8-14-9-11(10)13(4,5)6/h7-9H2,1-6H3. The first-order chi connectivity index (χ1) is 6.23. The molecule has 0 aromatic carbocycles. The minimum absolute atomic E-state index is 0.357. The molecule has 1 rings (SSSR count). The zero-order valence-electron chi connectivity index (χ0n) is 10.5. The lowest BCUT2D eigenvalue weighted by Gasteiger charge is -2.36. The molecule has 0 nitrogen and oxygen atoms in total. The molecule has 0 radical (unpaired) electrons. The summed E-state index contributed by atoms with van der Waals surface area (Å²) in [7, 11) is 0. The smallest absolute Gasteiger partial charge is 0.0151 e. The number of hydrogen-bond donors (Lipinski definition) is 0. The van der Waals surface area contributed by atoms with Gasteiger partial charge in [-0.25, -0.2) is 0 Å². The Labute approximate surface area is 93.5 Å². The second-order valence-corrected chi connectivity index (χ2v) is 7.36. The van der Waals surface area contributed by atoms with Crippen molar-refractivity contribution in [1.29, 1.82) is 0 Å². The molecule has 1 heteroatoms. The van der Waals surface area contributed by atoms with Crippen LogP contribution in [0.1, 0.15) is 48.0 Å². The lowest BCUT2D eigenvalue weighted by atomic mass is 9.74. The summed E-state index contributed by atoms with van der Waals surface area (Å²) in [5, 5.41) is 0. The second-order valence-electron chi connectivity index (χ2n) is 6.26. The third-order valence-electron chi connectivity index (χ3n) is 2.92. The number of hydrogen-bond acceptors (Lipinski definition) is 1. The van der Waals surface area contributed by atoms with Gasteiger partial charge >= 0.3 is 0 Å². The van der Waals surface area contributed by atoms with Crippen molar-refractivity contribution < 1.29 is 0 Å². The molecule has 0 saturated carbocycles. The Hall–Kier alpha value is 0.0900. The monoisotopic (exact) mass is 212 g/mol. The molecular formula is C13H24S. The van der Waals surface area contributed by atoms with E-state index < -0.39 is 0 Å². The first kappa shape index (κ1) is 12.2. The van der Waals surface area contributed by atoms with Gasteiger partial charge in [-0.2, -0.15) is 11.8 Å². The Bertz CT molecular complexity index is 209. The molecule has 0 amide bonds. The van der Waals surface area contributed by atoms with Crippen LogP contribution in [0.4, 0.5) is 0 Å². The molecule has 0 aromatic rings. The lowest BCUT2D eigenvalue weighted by Crippen LogP contribution is -2.24. The second kappa shape index (κ2) is 3.92. The van der Waals surface area contributed by atoms with Crippen LogP contribution < -0.4 is 0 Å². The summed E-state index contributed by atoms with van der Waals surface area (Å²) in [5.41, 5.74) is 4.13. The van der Waals surface area contributed by atoms with Crippen LogP contribution in [0.2, 0.25) is 0 Å². The molecule has 0 unspecified atom stereocenters. The van der Waals surface area contributed by atoms with E-state index >= 15 is 0 Å². The normalized spacial score (nSPS) is 20.1. The Balaban J connectivity index is 3.10. The molecule has 0 atom stereocenters. The van der Waals surface area contributed by atoms with E-state index in [0.29, 0.717) is 10.8 Å². The van der Waals surface area contributed by atoms with Crippen molar-refractivity contribution in [3.8, 4) is 0 Å². The van der Waals surface area contributed by atoms with Gasteiger partial charge in [0, 0.05) is 5.75 Å². The number of allylic oxidation sites excluding steroid dienone is 1. The summed E-state index contributed by atoms with van der Waals surface area (Å²) in [4.78, 5) is 0. The van der Waals surface area contributed by atoms with Crippen LogP contribution in [0.3, 0.4) is 0 Å². The average Bonchev–Trinajstić information content (AvgIpc) is 2.01. The maximum absolute atomic E-state index is 2.35. The highest BCUT2D eigenvalue weighted by Crippen LogP contribution is 2.42. The summed E-state index contributed by atoms with van der Waals surface area (Å²) >= 11 is 2.09. The van der Waals surface area contributed by atoms with Crippen LogP contribution in [-0.2, 0) is 0 Å². The van der Waals surface area contributed by atoms with E-state index in [1.807, 2.05) is 0 Å². The maximum Gasteiger partial charge on any atom is 0.0151 e.